The largest absolute Gasteiger partial charge is 0.474 e. The van der Waals surface area contributed by atoms with Gasteiger partial charge in [-0.2, -0.15) is 21.6 Å². The SMILES string of the molecule is O=C(NS(=O)(=O)c1cccc(N2CC[C@H](O)C2)n1)C1(Oc2c(Cl)cccc2NC2CCC(C(F)(F)F)CC2)CC1. The maximum absolute atomic E-state index is 13.2. The van der Waals surface area contributed by atoms with E-state index < -0.39 is 39.7 Å². The van der Waals surface area contributed by atoms with E-state index in [1.54, 1.807) is 29.2 Å². The van der Waals surface area contributed by atoms with E-state index in [9.17, 15) is 31.5 Å². The molecule has 2 aliphatic carbocycles. The van der Waals surface area contributed by atoms with Crippen LogP contribution in [0.2, 0.25) is 5.02 Å². The molecule has 2 saturated carbocycles. The molecular weight excluding hydrogens is 573 g/mol. The molecule has 1 aliphatic heterocycles. The fourth-order valence-electron chi connectivity index (χ4n) is 5.14. The number of carbonyl (C=O) groups is 1. The number of sulfonamides is 1. The number of nitrogens with one attached hydrogen (secondary N) is 2. The third-order valence-electron chi connectivity index (χ3n) is 7.63. The Kier molecular flexibility index (Phi) is 7.83. The predicted molar refractivity (Wildman–Crippen MR) is 142 cm³/mol. The number of hydrogen-bond donors (Lipinski definition) is 3. The zero-order valence-corrected chi connectivity index (χ0v) is 23.0. The molecule has 0 bridgehead atoms. The number of alkyl halides is 3. The molecule has 2 heterocycles. The number of carbonyl (C=O) groups excluding carboxylic acids is 1. The maximum atomic E-state index is 13.2. The molecule has 9 nitrogen and oxygen atoms in total. The number of hydrogen-bond acceptors (Lipinski definition) is 8. The number of anilines is 2. The van der Waals surface area contributed by atoms with Crippen molar-refractivity contribution in [2.45, 2.75) is 73.9 Å². The van der Waals surface area contributed by atoms with Crippen LogP contribution in [0.4, 0.5) is 24.7 Å². The van der Waals surface area contributed by atoms with Crippen LogP contribution >= 0.6 is 11.6 Å². The number of pyridine rings is 1. The van der Waals surface area contributed by atoms with Gasteiger partial charge in [-0.1, -0.05) is 23.7 Å². The van der Waals surface area contributed by atoms with E-state index in [1.807, 2.05) is 0 Å². The summed E-state index contributed by atoms with van der Waals surface area (Å²) in [5.74, 6) is -1.67. The molecule has 3 N–H and O–H groups in total. The lowest BCUT2D eigenvalue weighted by Gasteiger charge is -2.31. The van der Waals surface area contributed by atoms with Gasteiger partial charge in [0, 0.05) is 32.0 Å². The molecule has 0 spiro atoms. The number of aliphatic hydroxyl groups excluding tert-OH is 1. The smallest absolute Gasteiger partial charge is 0.391 e. The normalized spacial score (nSPS) is 24.4. The molecule has 1 saturated heterocycles. The summed E-state index contributed by atoms with van der Waals surface area (Å²) in [4.78, 5) is 19.1. The number of amides is 1. The van der Waals surface area contributed by atoms with Gasteiger partial charge in [-0.15, -0.1) is 0 Å². The number of para-hydroxylation sites is 1. The Morgan fingerprint density at radius 3 is 2.42 bits per heavy atom. The lowest BCUT2D eigenvalue weighted by atomic mass is 9.85. The first kappa shape index (κ1) is 28.7. The molecular formula is C26H30ClF3N4O5S. The standard InChI is InChI=1S/C26H30ClF3N4O5S/c27-19-3-1-4-20(31-17-9-7-16(8-10-17)26(28,29)30)23(19)39-25(12-13-25)24(36)33-40(37,38)22-6-2-5-21(32-22)34-14-11-18(35)15-34/h1-6,16-18,31,35H,7-15H2,(H,33,36)/t16?,17?,18-/m0/s1. The Balaban J connectivity index is 1.27. The van der Waals surface area contributed by atoms with Crippen LogP contribution in [0.25, 0.3) is 0 Å². The van der Waals surface area contributed by atoms with Crippen molar-refractivity contribution in [2.24, 2.45) is 5.92 Å². The fraction of sp³-hybridized carbons (Fsp3) is 0.538. The number of halogens is 4. The van der Waals surface area contributed by atoms with E-state index in [-0.39, 0.29) is 47.5 Å². The number of nitrogens with zero attached hydrogens (tertiary/aromatic N) is 2. The second-order valence-corrected chi connectivity index (χ2v) is 12.6. The summed E-state index contributed by atoms with van der Waals surface area (Å²) in [6, 6.07) is 9.05. The monoisotopic (exact) mass is 602 g/mol. The van der Waals surface area contributed by atoms with Crippen LogP contribution < -0.4 is 19.7 Å². The van der Waals surface area contributed by atoms with Gasteiger partial charge in [-0.25, -0.2) is 9.71 Å². The van der Waals surface area contributed by atoms with Crippen molar-refractivity contribution >= 4 is 39.0 Å². The number of ether oxygens (including phenoxy) is 1. The summed E-state index contributed by atoms with van der Waals surface area (Å²) >= 11 is 6.39. The molecule has 1 aromatic carbocycles. The van der Waals surface area contributed by atoms with Crippen LogP contribution in [0.15, 0.2) is 41.4 Å². The first-order chi connectivity index (χ1) is 18.9. The third-order valence-corrected chi connectivity index (χ3v) is 9.16. The van der Waals surface area contributed by atoms with Crippen LogP contribution in [0, 0.1) is 5.92 Å². The summed E-state index contributed by atoms with van der Waals surface area (Å²) in [6.07, 6.45) is -3.06. The highest BCUT2D eigenvalue weighted by Crippen LogP contribution is 2.46. The van der Waals surface area contributed by atoms with Gasteiger partial charge >= 0.3 is 6.18 Å². The van der Waals surface area contributed by atoms with Gasteiger partial charge in [0.25, 0.3) is 15.9 Å². The van der Waals surface area contributed by atoms with Gasteiger partial charge < -0.3 is 20.1 Å². The molecule has 218 valence electrons. The Morgan fingerprint density at radius 1 is 1.10 bits per heavy atom. The fourth-order valence-corrected chi connectivity index (χ4v) is 6.36. The first-order valence-corrected chi connectivity index (χ1v) is 15.0. The van der Waals surface area contributed by atoms with Crippen LogP contribution in [-0.4, -0.2) is 61.4 Å². The summed E-state index contributed by atoms with van der Waals surface area (Å²) in [6.45, 7) is 0.858. The van der Waals surface area contributed by atoms with Crippen molar-refractivity contribution in [2.75, 3.05) is 23.3 Å². The van der Waals surface area contributed by atoms with E-state index in [0.717, 1.165) is 0 Å². The van der Waals surface area contributed by atoms with Crippen LogP contribution in [0.5, 0.6) is 5.75 Å². The number of benzene rings is 1. The molecule has 1 amide bonds. The van der Waals surface area contributed by atoms with Crippen molar-refractivity contribution in [3.05, 3.63) is 41.4 Å². The number of aliphatic hydroxyl groups is 1. The molecule has 5 rings (SSSR count). The van der Waals surface area contributed by atoms with Crippen molar-refractivity contribution in [3.8, 4) is 5.75 Å². The van der Waals surface area contributed by atoms with Gasteiger partial charge in [0.2, 0.25) is 0 Å². The lowest BCUT2D eigenvalue weighted by molar-refractivity contribution is -0.182. The Morgan fingerprint density at radius 2 is 1.80 bits per heavy atom. The molecule has 0 unspecified atom stereocenters. The number of rotatable bonds is 8. The topological polar surface area (TPSA) is 121 Å². The Bertz CT molecular complexity index is 1360. The van der Waals surface area contributed by atoms with Crippen LogP contribution in [-0.2, 0) is 14.8 Å². The zero-order chi connectivity index (χ0) is 28.7. The summed E-state index contributed by atoms with van der Waals surface area (Å²) < 4.78 is 73.4. The highest BCUT2D eigenvalue weighted by atomic mass is 35.5. The Hall–Kier alpha value is -2.77. The van der Waals surface area contributed by atoms with Gasteiger partial charge in [-0.3, -0.25) is 4.79 Å². The highest BCUT2D eigenvalue weighted by molar-refractivity contribution is 7.90. The molecule has 14 heteroatoms. The maximum Gasteiger partial charge on any atom is 0.391 e. The van der Waals surface area contributed by atoms with E-state index in [4.69, 9.17) is 16.3 Å². The number of aromatic nitrogens is 1. The van der Waals surface area contributed by atoms with Crippen molar-refractivity contribution in [3.63, 3.8) is 0 Å². The molecule has 40 heavy (non-hydrogen) atoms. The molecule has 2 aromatic rings. The second kappa shape index (κ2) is 10.9. The van der Waals surface area contributed by atoms with Gasteiger partial charge in [0.05, 0.1) is 22.7 Å². The Labute approximate surface area is 235 Å². The molecule has 3 aliphatic rings. The van der Waals surface area contributed by atoms with Gasteiger partial charge in [0.15, 0.2) is 16.4 Å². The average Bonchev–Trinajstić information content (AvgIpc) is 3.57. The van der Waals surface area contributed by atoms with Crippen molar-refractivity contribution in [1.29, 1.82) is 0 Å². The minimum atomic E-state index is -4.34. The average molecular weight is 603 g/mol. The molecule has 0 radical (unpaired) electrons. The second-order valence-electron chi connectivity index (χ2n) is 10.6. The van der Waals surface area contributed by atoms with E-state index in [2.05, 4.69) is 15.0 Å². The molecule has 1 aromatic heterocycles. The summed E-state index contributed by atoms with van der Waals surface area (Å²) in [5.41, 5.74) is -1.05. The van der Waals surface area contributed by atoms with Gasteiger partial charge in [-0.05, 0) is 56.4 Å². The predicted octanol–water partition coefficient (Wildman–Crippen LogP) is 4.26. The number of β-amino-alcohol motifs (C(OH)–C–C–N with tert-alkyl or cyclic N) is 1. The van der Waals surface area contributed by atoms with E-state index in [1.165, 1.54) is 12.1 Å². The minimum absolute atomic E-state index is 0.00963. The van der Waals surface area contributed by atoms with Crippen LogP contribution in [0.3, 0.4) is 0 Å². The highest BCUT2D eigenvalue weighted by Gasteiger charge is 2.55. The quantitative estimate of drug-likeness (QED) is 0.410. The van der Waals surface area contributed by atoms with Crippen molar-refractivity contribution in [1.82, 2.24) is 9.71 Å². The first-order valence-electron chi connectivity index (χ1n) is 13.1. The van der Waals surface area contributed by atoms with E-state index in [0.29, 0.717) is 43.9 Å². The zero-order valence-electron chi connectivity index (χ0n) is 21.5. The molecule has 3 fully saturated rings. The third kappa shape index (κ3) is 6.26. The van der Waals surface area contributed by atoms with Gasteiger partial charge in [0.1, 0.15) is 5.82 Å². The lowest BCUT2D eigenvalue weighted by Crippen LogP contribution is -2.43. The summed E-state index contributed by atoms with van der Waals surface area (Å²) in [5, 5.41) is 12.8. The molecule has 1 atom stereocenters. The van der Waals surface area contributed by atoms with E-state index >= 15 is 0 Å². The van der Waals surface area contributed by atoms with Crippen molar-refractivity contribution < 1.29 is 36.2 Å². The van der Waals surface area contributed by atoms with Crippen LogP contribution in [0.1, 0.15) is 44.9 Å². The summed E-state index contributed by atoms with van der Waals surface area (Å²) in [7, 11) is -4.34. The minimum Gasteiger partial charge on any atom is -0.474 e.